The molecule has 72 heavy (non-hydrogen) atoms. The summed E-state index contributed by atoms with van der Waals surface area (Å²) in [5, 5.41) is 9.04. The third kappa shape index (κ3) is 13.2. The van der Waals surface area contributed by atoms with Crippen molar-refractivity contribution in [3.63, 3.8) is 0 Å². The van der Waals surface area contributed by atoms with Crippen molar-refractivity contribution in [3.05, 3.63) is 176 Å². The number of imide groups is 2. The zero-order chi connectivity index (χ0) is 50.9. The number of alkyl carbamates (subject to hydrolysis) is 1. The van der Waals surface area contributed by atoms with E-state index in [4.69, 9.17) is 4.74 Å². The monoisotopic (exact) mass is 1100 g/mol. The Hall–Kier alpha value is -5.87. The van der Waals surface area contributed by atoms with E-state index in [1.54, 1.807) is 0 Å². The molecule has 5 aromatic carbocycles. The van der Waals surface area contributed by atoms with Crippen LogP contribution >= 0.6 is 31.9 Å². The predicted octanol–water partition coefficient (Wildman–Crippen LogP) is 10.5. The zero-order valence-electron chi connectivity index (χ0n) is 41.3. The summed E-state index contributed by atoms with van der Waals surface area (Å²) in [6.07, 6.45) is 3.69. The number of nitrogens with one attached hydrogen (secondary N) is 3. The van der Waals surface area contributed by atoms with Crippen molar-refractivity contribution >= 4 is 61.8 Å². The highest BCUT2D eigenvalue weighted by molar-refractivity contribution is 9.10. The lowest BCUT2D eigenvalue weighted by molar-refractivity contribution is -0.134. The maximum Gasteiger partial charge on any atom is 0.408 e. The van der Waals surface area contributed by atoms with Crippen LogP contribution in [0.15, 0.2) is 148 Å². The van der Waals surface area contributed by atoms with Crippen LogP contribution in [0.2, 0.25) is 0 Å². The van der Waals surface area contributed by atoms with E-state index in [1.807, 2.05) is 99.6 Å². The minimum absolute atomic E-state index is 0.0866. The zero-order valence-corrected chi connectivity index (χ0v) is 44.5. The summed E-state index contributed by atoms with van der Waals surface area (Å²) in [7, 11) is 0. The molecule has 13 nitrogen and oxygen atoms in total. The second-order valence-corrected chi connectivity index (χ2v) is 22.1. The van der Waals surface area contributed by atoms with E-state index in [1.165, 1.54) is 20.9 Å². The van der Waals surface area contributed by atoms with Crippen LogP contribution < -0.4 is 16.0 Å². The van der Waals surface area contributed by atoms with Gasteiger partial charge in [0.05, 0.1) is 19.1 Å². The number of rotatable bonds is 14. The van der Waals surface area contributed by atoms with E-state index < -0.39 is 22.8 Å². The SMILES string of the molecule is CC(C)(C)OC(=O)N[C@@H](CCN1CCC2(CC1)NC(=O)N(Cc1ccc(Br)cc1)C2=O)c1ccccc1.O=C1NC2(CCN(CCC(c3ccccc3)c3ccccc3)CC2)C(=O)N1Cc1ccc(Br)cc1. The van der Waals surface area contributed by atoms with Crippen molar-refractivity contribution in [2.45, 2.75) is 101 Å². The molecule has 0 saturated carbocycles. The summed E-state index contributed by atoms with van der Waals surface area (Å²) >= 11 is 6.84. The number of ether oxygens (including phenoxy) is 1. The molecule has 1 atom stereocenters. The number of hydrogen-bond donors (Lipinski definition) is 3. The minimum Gasteiger partial charge on any atom is -0.444 e. The molecule has 9 rings (SSSR count). The van der Waals surface area contributed by atoms with Crippen LogP contribution in [-0.2, 0) is 27.4 Å². The van der Waals surface area contributed by atoms with Gasteiger partial charge in [0.25, 0.3) is 11.8 Å². The number of urea groups is 2. The van der Waals surface area contributed by atoms with Crippen molar-refractivity contribution < 1.29 is 28.7 Å². The molecule has 4 aliphatic heterocycles. The number of carbonyl (C=O) groups excluding carboxylic acids is 5. The first-order valence-corrected chi connectivity index (χ1v) is 26.5. The van der Waals surface area contributed by atoms with Gasteiger partial charge in [-0.2, -0.15) is 0 Å². The quantitative estimate of drug-likeness (QED) is 0.0933. The summed E-state index contributed by atoms with van der Waals surface area (Å²) in [6.45, 7) is 10.8. The van der Waals surface area contributed by atoms with Crippen LogP contribution in [0, 0.1) is 0 Å². The van der Waals surface area contributed by atoms with Gasteiger partial charge in [-0.25, -0.2) is 14.4 Å². The van der Waals surface area contributed by atoms with E-state index in [-0.39, 0.29) is 36.5 Å². The fraction of sp³-hybridized carbons (Fsp3) is 0.386. The topological polar surface area (TPSA) is 144 Å². The number of likely N-dealkylation sites (tertiary alicyclic amines) is 2. The van der Waals surface area contributed by atoms with Crippen molar-refractivity contribution in [3.8, 4) is 0 Å². The Morgan fingerprint density at radius 1 is 0.569 bits per heavy atom. The van der Waals surface area contributed by atoms with E-state index >= 15 is 0 Å². The van der Waals surface area contributed by atoms with Gasteiger partial charge in [0.15, 0.2) is 0 Å². The Morgan fingerprint density at radius 2 is 0.944 bits per heavy atom. The van der Waals surface area contributed by atoms with Crippen LogP contribution in [0.5, 0.6) is 0 Å². The largest absolute Gasteiger partial charge is 0.444 e. The van der Waals surface area contributed by atoms with Crippen molar-refractivity contribution in [2.75, 3.05) is 39.3 Å². The molecule has 0 aliphatic carbocycles. The maximum absolute atomic E-state index is 13.3. The first kappa shape index (κ1) is 52.5. The van der Waals surface area contributed by atoms with Crippen molar-refractivity contribution in [1.29, 1.82) is 0 Å². The standard InChI is InChI=1S/C29H30BrN3O2.C28H35BrN4O4/c30-25-13-11-22(12-14-25)21-33-27(34)29(31-28(33)35)16-19-32(20-17-29)18-15-26(23-7-3-1-4-8-23)24-9-5-2-6-10-24;1-27(2,3)37-26(36)30-23(21-7-5-4-6-8-21)13-16-32-17-14-28(15-18-32)24(34)33(25(35)31-28)19-20-9-11-22(29)12-10-20/h1-14,26H,15-21H2,(H,31,35);4-12,23H,13-19H2,1-3H3,(H,30,36)(H,31,35)/t;23-/m.0/s1. The van der Waals surface area contributed by atoms with Crippen LogP contribution in [-0.4, -0.2) is 106 Å². The van der Waals surface area contributed by atoms with E-state index in [9.17, 15) is 24.0 Å². The minimum atomic E-state index is -0.837. The summed E-state index contributed by atoms with van der Waals surface area (Å²) in [4.78, 5) is 71.9. The average Bonchev–Trinajstić information content (AvgIpc) is 3.74. The van der Waals surface area contributed by atoms with Gasteiger partial charge in [0.2, 0.25) is 0 Å². The first-order chi connectivity index (χ1) is 34.6. The highest BCUT2D eigenvalue weighted by Crippen LogP contribution is 2.34. The number of hydrogen-bond acceptors (Lipinski definition) is 8. The normalized spacial score (nSPS) is 18.2. The van der Waals surface area contributed by atoms with Crippen LogP contribution in [0.4, 0.5) is 14.4 Å². The molecule has 5 aromatic rings. The third-order valence-electron chi connectivity index (χ3n) is 14.2. The summed E-state index contributed by atoms with van der Waals surface area (Å²) in [6, 6.07) is 45.8. The fourth-order valence-electron chi connectivity index (χ4n) is 10.2. The van der Waals surface area contributed by atoms with Gasteiger partial charge in [0, 0.05) is 47.6 Å². The van der Waals surface area contributed by atoms with Gasteiger partial charge in [0.1, 0.15) is 16.7 Å². The predicted molar refractivity (Wildman–Crippen MR) is 286 cm³/mol. The number of nitrogens with zero attached hydrogens (tertiary/aromatic N) is 4. The summed E-state index contributed by atoms with van der Waals surface area (Å²) < 4.78 is 7.40. The Morgan fingerprint density at radius 3 is 1.33 bits per heavy atom. The van der Waals surface area contributed by atoms with Crippen LogP contribution in [0.3, 0.4) is 0 Å². The second-order valence-electron chi connectivity index (χ2n) is 20.3. The van der Waals surface area contributed by atoms with E-state index in [0.29, 0.717) is 57.7 Å². The Kier molecular flexibility index (Phi) is 17.0. The molecular weight excluding hydrogens is 1040 g/mol. The lowest BCUT2D eigenvalue weighted by Crippen LogP contribution is -2.55. The van der Waals surface area contributed by atoms with Crippen LogP contribution in [0.25, 0.3) is 0 Å². The summed E-state index contributed by atoms with van der Waals surface area (Å²) in [5.41, 5.74) is 3.35. The second kappa shape index (κ2) is 23.3. The van der Waals surface area contributed by atoms with Gasteiger partial charge in [-0.1, -0.05) is 147 Å². The maximum atomic E-state index is 13.3. The molecule has 4 fully saturated rings. The van der Waals surface area contributed by atoms with Gasteiger partial charge in [-0.15, -0.1) is 0 Å². The molecule has 0 bridgehead atoms. The van der Waals surface area contributed by atoms with Crippen molar-refractivity contribution in [1.82, 2.24) is 35.6 Å². The Bertz CT molecular complexity index is 2600. The molecule has 0 aromatic heterocycles. The molecule has 2 spiro atoms. The molecule has 378 valence electrons. The average molecular weight is 1100 g/mol. The highest BCUT2D eigenvalue weighted by atomic mass is 79.9. The number of amides is 7. The van der Waals surface area contributed by atoms with Gasteiger partial charge >= 0.3 is 18.2 Å². The number of halogens is 2. The molecular formula is C57H65Br2N7O6. The molecule has 4 saturated heterocycles. The Balaban J connectivity index is 0.000000193. The van der Waals surface area contributed by atoms with E-state index in [0.717, 1.165) is 58.2 Å². The highest BCUT2D eigenvalue weighted by Gasteiger charge is 2.53. The molecule has 15 heteroatoms. The van der Waals surface area contributed by atoms with Gasteiger partial charge in [-0.3, -0.25) is 19.4 Å². The molecule has 3 N–H and O–H groups in total. The Labute approximate surface area is 440 Å². The van der Waals surface area contributed by atoms with Gasteiger partial charge in [-0.05, 0) is 118 Å². The van der Waals surface area contributed by atoms with Crippen molar-refractivity contribution in [2.24, 2.45) is 0 Å². The molecule has 4 aliphatic rings. The van der Waals surface area contributed by atoms with Crippen LogP contribution in [0.1, 0.15) is 99.1 Å². The lowest BCUT2D eigenvalue weighted by Gasteiger charge is -2.37. The molecule has 7 amide bonds. The number of carbonyl (C=O) groups is 5. The summed E-state index contributed by atoms with van der Waals surface area (Å²) in [5.74, 6) is 0.104. The smallest absolute Gasteiger partial charge is 0.408 e. The lowest BCUT2D eigenvalue weighted by atomic mass is 9.86. The third-order valence-corrected chi connectivity index (χ3v) is 15.2. The fourth-order valence-corrected chi connectivity index (χ4v) is 10.7. The number of benzene rings is 5. The number of piperidine rings is 2. The first-order valence-electron chi connectivity index (χ1n) is 24.9. The molecule has 0 unspecified atom stereocenters. The molecule has 0 radical (unpaired) electrons. The van der Waals surface area contributed by atoms with E-state index in [2.05, 4.69) is 118 Å². The van der Waals surface area contributed by atoms with Gasteiger partial charge < -0.3 is 30.5 Å². The molecule has 4 heterocycles.